The van der Waals surface area contributed by atoms with E-state index in [1.165, 1.54) is 0 Å². The number of pyridine rings is 1. The molecule has 4 fully saturated rings. The highest BCUT2D eigenvalue weighted by atomic mass is 35.5. The molecule has 5 heterocycles. The van der Waals surface area contributed by atoms with Crippen molar-refractivity contribution in [2.24, 2.45) is 0 Å². The van der Waals surface area contributed by atoms with E-state index in [2.05, 4.69) is 24.7 Å². The smallest absolute Gasteiger partial charge is 0.418 e. The summed E-state index contributed by atoms with van der Waals surface area (Å²) in [6, 6.07) is 1.83. The van der Waals surface area contributed by atoms with Gasteiger partial charge in [-0.25, -0.2) is 13.8 Å². The van der Waals surface area contributed by atoms with Crippen LogP contribution in [0.15, 0.2) is 12.1 Å². The zero-order chi connectivity index (χ0) is 33.8. The molecule has 2 aromatic heterocycles. The molecule has 8 rings (SSSR count). The Bertz CT molecular complexity index is 1800. The number of alkyl halides is 4. The van der Waals surface area contributed by atoms with Gasteiger partial charge in [-0.05, 0) is 77.7 Å². The Kier molecular flexibility index (Phi) is 7.26. The van der Waals surface area contributed by atoms with E-state index in [-0.39, 0.29) is 47.2 Å². The molecule has 0 unspecified atom stereocenters. The van der Waals surface area contributed by atoms with Crippen molar-refractivity contribution in [1.82, 2.24) is 24.8 Å². The Morgan fingerprint density at radius 3 is 2.54 bits per heavy atom. The number of likely N-dealkylation sites (N-methyl/N-ethyl adjacent to an activating group) is 1. The fourth-order valence-corrected chi connectivity index (χ4v) is 8.66. The zero-order valence-electron chi connectivity index (χ0n) is 26.8. The van der Waals surface area contributed by atoms with Gasteiger partial charge >= 0.3 is 12.2 Å². The third kappa shape index (κ3) is 4.95. The van der Waals surface area contributed by atoms with Gasteiger partial charge in [0.1, 0.15) is 41.8 Å². The number of anilines is 2. The number of aromatic nitrogens is 3. The van der Waals surface area contributed by atoms with Crippen LogP contribution >= 0.6 is 11.6 Å². The second-order valence-electron chi connectivity index (χ2n) is 14.5. The molecule has 48 heavy (non-hydrogen) atoms. The standard InChI is InChI=1S/C33H37ClF5N7O2/c1-44(2)30(5-3-6-30)15-46-27-22-26(42-29(43-27)48-17-32-7-4-10-45(32)14-18(35)13-32)24(36)25(41-28(22)47-16-31(46)8-9-31)20-11-19(40)12-21(34)23(20)33(37,38)39/h11-12,18H,3-10,13-17,40H2,1-2H3/t18-,32+/m1/s1. The molecule has 5 aliphatic rings. The number of benzene rings is 1. The monoisotopic (exact) mass is 693 g/mol. The van der Waals surface area contributed by atoms with Crippen LogP contribution in [0.2, 0.25) is 5.02 Å². The van der Waals surface area contributed by atoms with E-state index in [4.69, 9.17) is 31.8 Å². The lowest BCUT2D eigenvalue weighted by molar-refractivity contribution is -0.137. The van der Waals surface area contributed by atoms with Crippen molar-refractivity contribution in [2.45, 2.75) is 80.3 Å². The normalized spacial score (nSPS) is 25.7. The Hall–Kier alpha value is -3.23. The predicted molar refractivity (Wildman–Crippen MR) is 171 cm³/mol. The number of nitrogens with two attached hydrogens (primary N) is 1. The lowest BCUT2D eigenvalue weighted by atomic mass is 9.75. The van der Waals surface area contributed by atoms with Crippen LogP contribution in [0, 0.1) is 5.82 Å². The molecule has 2 saturated carbocycles. The largest absolute Gasteiger partial charge is 0.475 e. The Morgan fingerprint density at radius 2 is 1.88 bits per heavy atom. The summed E-state index contributed by atoms with van der Waals surface area (Å²) >= 11 is 6.06. The zero-order valence-corrected chi connectivity index (χ0v) is 27.5. The van der Waals surface area contributed by atoms with Crippen molar-refractivity contribution >= 4 is 34.0 Å². The quantitative estimate of drug-likeness (QED) is 0.228. The first-order valence-corrected chi connectivity index (χ1v) is 16.8. The molecule has 2 saturated heterocycles. The van der Waals surface area contributed by atoms with Crippen LogP contribution in [0.3, 0.4) is 0 Å². The number of halogens is 6. The molecule has 2 aliphatic carbocycles. The lowest BCUT2D eigenvalue weighted by Crippen LogP contribution is -2.60. The molecule has 0 bridgehead atoms. The van der Waals surface area contributed by atoms with Gasteiger partial charge in [0, 0.05) is 36.3 Å². The summed E-state index contributed by atoms with van der Waals surface area (Å²) in [5.41, 5.74) is 1.84. The van der Waals surface area contributed by atoms with E-state index in [0.29, 0.717) is 25.3 Å². The molecule has 1 aromatic carbocycles. The topological polar surface area (TPSA) is 92.9 Å². The van der Waals surface area contributed by atoms with Gasteiger partial charge in [0.05, 0.1) is 21.7 Å². The second-order valence-corrected chi connectivity index (χ2v) is 14.9. The van der Waals surface area contributed by atoms with Crippen LogP contribution in [0.4, 0.5) is 33.5 Å². The number of nitrogens with zero attached hydrogens (tertiary/aromatic N) is 6. The highest BCUT2D eigenvalue weighted by Gasteiger charge is 2.56. The average Bonchev–Trinajstić information content (AvgIpc) is 3.60. The van der Waals surface area contributed by atoms with E-state index in [1.54, 1.807) is 0 Å². The molecular weight excluding hydrogens is 657 g/mol. The third-order valence-electron chi connectivity index (χ3n) is 11.4. The molecule has 2 N–H and O–H groups in total. The lowest BCUT2D eigenvalue weighted by Gasteiger charge is -2.51. The summed E-state index contributed by atoms with van der Waals surface area (Å²) in [6.45, 7) is 1.92. The van der Waals surface area contributed by atoms with Crippen LogP contribution in [0.25, 0.3) is 22.2 Å². The van der Waals surface area contributed by atoms with Gasteiger partial charge in [-0.2, -0.15) is 23.1 Å². The molecular formula is C33H37ClF5N7O2. The molecule has 0 amide bonds. The van der Waals surface area contributed by atoms with E-state index < -0.39 is 51.1 Å². The summed E-state index contributed by atoms with van der Waals surface area (Å²) in [5, 5.41) is -0.520. The number of nitrogen functional groups attached to an aromatic ring is 1. The van der Waals surface area contributed by atoms with Crippen molar-refractivity contribution in [2.75, 3.05) is 57.6 Å². The SMILES string of the molecule is CN(C)C1(CN2c3nc(OC[C@@]45CCCN4C[C@H](F)C5)nc4c(F)c(-c5cc(N)cc(Cl)c5C(F)(F)F)nc(c34)OCC23CC3)CCC1. The Balaban J connectivity index is 1.32. The number of hydrogen-bond acceptors (Lipinski definition) is 9. The minimum Gasteiger partial charge on any atom is -0.475 e. The fourth-order valence-electron chi connectivity index (χ4n) is 8.33. The van der Waals surface area contributed by atoms with Gasteiger partial charge in [-0.1, -0.05) is 11.6 Å². The van der Waals surface area contributed by atoms with E-state index in [9.17, 15) is 17.6 Å². The summed E-state index contributed by atoms with van der Waals surface area (Å²) in [7, 11) is 4.08. The van der Waals surface area contributed by atoms with E-state index in [1.807, 2.05) is 14.1 Å². The molecule has 9 nitrogen and oxygen atoms in total. The maximum Gasteiger partial charge on any atom is 0.418 e. The van der Waals surface area contributed by atoms with Crippen LogP contribution in [0.5, 0.6) is 11.9 Å². The van der Waals surface area contributed by atoms with Crippen molar-refractivity contribution in [1.29, 1.82) is 0 Å². The van der Waals surface area contributed by atoms with Gasteiger partial charge in [-0.15, -0.1) is 0 Å². The Labute approximate surface area is 279 Å². The molecule has 2 atom stereocenters. The third-order valence-corrected chi connectivity index (χ3v) is 11.7. The summed E-state index contributed by atoms with van der Waals surface area (Å²) in [6.07, 6.45) is 0.575. The summed E-state index contributed by atoms with van der Waals surface area (Å²) in [5.74, 6) is -0.822. The first-order chi connectivity index (χ1) is 22.7. The van der Waals surface area contributed by atoms with Crippen molar-refractivity contribution in [3.05, 3.63) is 28.5 Å². The molecule has 1 spiro atoms. The number of rotatable bonds is 7. The molecule has 15 heteroatoms. The minimum absolute atomic E-state index is 0.0764. The van der Waals surface area contributed by atoms with Crippen molar-refractivity contribution in [3.8, 4) is 23.1 Å². The molecule has 258 valence electrons. The molecule has 0 radical (unpaired) electrons. The maximum absolute atomic E-state index is 16.9. The van der Waals surface area contributed by atoms with Crippen molar-refractivity contribution in [3.63, 3.8) is 0 Å². The first-order valence-electron chi connectivity index (χ1n) is 16.4. The highest BCUT2D eigenvalue weighted by Crippen LogP contribution is 2.53. The second kappa shape index (κ2) is 10.9. The van der Waals surface area contributed by atoms with Crippen LogP contribution in [-0.4, -0.2) is 94.5 Å². The van der Waals surface area contributed by atoms with Crippen molar-refractivity contribution < 1.29 is 31.4 Å². The van der Waals surface area contributed by atoms with Gasteiger partial charge < -0.3 is 25.0 Å². The van der Waals surface area contributed by atoms with Crippen LogP contribution in [-0.2, 0) is 6.18 Å². The number of ether oxygens (including phenoxy) is 2. The average molecular weight is 694 g/mol. The predicted octanol–water partition coefficient (Wildman–Crippen LogP) is 6.26. The van der Waals surface area contributed by atoms with Gasteiger partial charge in [0.2, 0.25) is 5.88 Å². The number of hydrogen-bond donors (Lipinski definition) is 1. The Morgan fingerprint density at radius 1 is 1.10 bits per heavy atom. The highest BCUT2D eigenvalue weighted by molar-refractivity contribution is 6.32. The van der Waals surface area contributed by atoms with E-state index >= 15 is 4.39 Å². The number of fused-ring (bicyclic) bond motifs is 1. The first kappa shape index (κ1) is 32.0. The minimum atomic E-state index is -4.94. The van der Waals surface area contributed by atoms with E-state index in [0.717, 1.165) is 63.6 Å². The summed E-state index contributed by atoms with van der Waals surface area (Å²) < 4.78 is 87.1. The fraction of sp³-hybridized carbons (Fsp3) is 0.606. The van der Waals surface area contributed by atoms with Crippen LogP contribution in [0.1, 0.15) is 56.9 Å². The van der Waals surface area contributed by atoms with Gasteiger partial charge in [0.15, 0.2) is 5.82 Å². The van der Waals surface area contributed by atoms with Gasteiger partial charge in [-0.3, -0.25) is 4.90 Å². The molecule has 3 aliphatic heterocycles. The van der Waals surface area contributed by atoms with Gasteiger partial charge in [0.25, 0.3) is 0 Å². The van der Waals surface area contributed by atoms with Crippen LogP contribution < -0.4 is 20.1 Å². The maximum atomic E-state index is 16.9. The molecule has 3 aromatic rings. The summed E-state index contributed by atoms with van der Waals surface area (Å²) in [4.78, 5) is 20.2.